The van der Waals surface area contributed by atoms with Gasteiger partial charge < -0.3 is 10.1 Å². The molecule has 1 N–H and O–H groups in total. The fourth-order valence-electron chi connectivity index (χ4n) is 3.63. The molecular formula is C24H20ClN3O. The zero-order valence-electron chi connectivity index (χ0n) is 15.8. The van der Waals surface area contributed by atoms with Gasteiger partial charge in [-0.05, 0) is 48.4 Å². The van der Waals surface area contributed by atoms with Gasteiger partial charge in [-0.15, -0.1) is 0 Å². The predicted molar refractivity (Wildman–Crippen MR) is 117 cm³/mol. The second kappa shape index (κ2) is 7.64. The van der Waals surface area contributed by atoms with Crippen LogP contribution in [0.5, 0.6) is 5.75 Å². The Balaban J connectivity index is 1.41. The van der Waals surface area contributed by atoms with Gasteiger partial charge in [-0.1, -0.05) is 54.1 Å². The number of benzene rings is 3. The average Bonchev–Trinajstić information content (AvgIpc) is 3.37. The molecule has 0 radical (unpaired) electrons. The molecule has 0 atom stereocenters. The van der Waals surface area contributed by atoms with Crippen molar-refractivity contribution in [2.75, 3.05) is 11.9 Å². The van der Waals surface area contributed by atoms with E-state index in [9.17, 15) is 0 Å². The molecule has 4 aromatic rings. The Morgan fingerprint density at radius 2 is 1.69 bits per heavy atom. The van der Waals surface area contributed by atoms with E-state index in [1.807, 2.05) is 71.4 Å². The first-order valence-electron chi connectivity index (χ1n) is 9.67. The van der Waals surface area contributed by atoms with Gasteiger partial charge in [0.15, 0.2) is 0 Å². The topological polar surface area (TPSA) is 39.1 Å². The number of nitrogens with one attached hydrogen (secondary N) is 1. The van der Waals surface area contributed by atoms with Gasteiger partial charge in [0, 0.05) is 22.7 Å². The van der Waals surface area contributed by atoms with Crippen molar-refractivity contribution >= 4 is 17.4 Å². The van der Waals surface area contributed by atoms with Crippen LogP contribution in [0.3, 0.4) is 0 Å². The van der Waals surface area contributed by atoms with Crippen LogP contribution in [-0.2, 0) is 13.0 Å². The Morgan fingerprint density at radius 3 is 2.45 bits per heavy atom. The molecule has 0 amide bonds. The Bertz CT molecular complexity index is 1120. The van der Waals surface area contributed by atoms with Crippen LogP contribution in [0, 0.1) is 0 Å². The lowest BCUT2D eigenvalue weighted by Crippen LogP contribution is -2.04. The van der Waals surface area contributed by atoms with Crippen molar-refractivity contribution in [2.24, 2.45) is 0 Å². The van der Waals surface area contributed by atoms with Crippen LogP contribution in [0.2, 0.25) is 5.02 Å². The summed E-state index contributed by atoms with van der Waals surface area (Å²) >= 11 is 6.05. The predicted octanol–water partition coefficient (Wildman–Crippen LogP) is 5.74. The van der Waals surface area contributed by atoms with Crippen LogP contribution in [-0.4, -0.2) is 16.3 Å². The first-order valence-corrected chi connectivity index (χ1v) is 10.0. The lowest BCUT2D eigenvalue weighted by Gasteiger charge is -2.09. The van der Waals surface area contributed by atoms with E-state index in [-0.39, 0.29) is 0 Å². The molecule has 0 unspecified atom stereocenters. The molecule has 144 valence electrons. The molecule has 0 aliphatic carbocycles. The van der Waals surface area contributed by atoms with Crippen molar-refractivity contribution in [3.63, 3.8) is 0 Å². The van der Waals surface area contributed by atoms with E-state index >= 15 is 0 Å². The first kappa shape index (κ1) is 17.8. The number of rotatable bonds is 5. The maximum atomic E-state index is 6.05. The number of anilines is 1. The Morgan fingerprint density at radius 1 is 0.931 bits per heavy atom. The molecule has 3 aromatic carbocycles. The van der Waals surface area contributed by atoms with E-state index in [0.717, 1.165) is 52.1 Å². The third-order valence-electron chi connectivity index (χ3n) is 5.10. The maximum Gasteiger partial charge on any atom is 0.133 e. The molecule has 0 saturated carbocycles. The number of ether oxygens (including phenoxy) is 1. The summed E-state index contributed by atoms with van der Waals surface area (Å²) in [5, 5.41) is 9.10. The monoisotopic (exact) mass is 401 g/mol. The molecule has 5 heteroatoms. The molecular weight excluding hydrogens is 382 g/mol. The lowest BCUT2D eigenvalue weighted by atomic mass is 10.1. The summed E-state index contributed by atoms with van der Waals surface area (Å²) in [6, 6.07) is 26.1. The lowest BCUT2D eigenvalue weighted by molar-refractivity contribution is 0.306. The van der Waals surface area contributed by atoms with Gasteiger partial charge in [0.2, 0.25) is 0 Å². The van der Waals surface area contributed by atoms with Crippen molar-refractivity contribution in [3.8, 4) is 22.7 Å². The summed E-state index contributed by atoms with van der Waals surface area (Å²) in [7, 11) is 0. The van der Waals surface area contributed by atoms with Crippen LogP contribution >= 0.6 is 11.6 Å². The standard InChI is InChI=1S/C24H20ClN3O/c25-19-8-6-18(7-9-19)23-22-14-15-26-24(22)28(27-23)20-10-12-21(13-11-20)29-16-17-4-2-1-3-5-17/h1-13,26H,14-16H2. The zero-order valence-corrected chi connectivity index (χ0v) is 16.6. The highest BCUT2D eigenvalue weighted by Crippen LogP contribution is 2.35. The minimum Gasteiger partial charge on any atom is -0.489 e. The molecule has 1 aromatic heterocycles. The van der Waals surface area contributed by atoms with Gasteiger partial charge in [-0.25, -0.2) is 4.68 Å². The number of nitrogens with zero attached hydrogens (tertiary/aromatic N) is 2. The Kier molecular flexibility index (Phi) is 4.70. The molecule has 1 aliphatic heterocycles. The summed E-state index contributed by atoms with van der Waals surface area (Å²) in [4.78, 5) is 0. The second-order valence-electron chi connectivity index (χ2n) is 7.04. The molecule has 0 bridgehead atoms. The van der Waals surface area contributed by atoms with E-state index in [4.69, 9.17) is 21.4 Å². The first-order chi connectivity index (χ1) is 14.3. The fourth-order valence-corrected chi connectivity index (χ4v) is 3.75. The van der Waals surface area contributed by atoms with Crippen molar-refractivity contribution in [1.82, 2.24) is 9.78 Å². The van der Waals surface area contributed by atoms with E-state index in [1.165, 1.54) is 5.56 Å². The molecule has 4 nitrogen and oxygen atoms in total. The van der Waals surface area contributed by atoms with Crippen molar-refractivity contribution in [2.45, 2.75) is 13.0 Å². The Labute approximate surface area is 174 Å². The molecule has 29 heavy (non-hydrogen) atoms. The second-order valence-corrected chi connectivity index (χ2v) is 7.48. The number of halogens is 1. The highest BCUT2D eigenvalue weighted by Gasteiger charge is 2.23. The smallest absolute Gasteiger partial charge is 0.133 e. The van der Waals surface area contributed by atoms with Crippen LogP contribution in [0.15, 0.2) is 78.9 Å². The van der Waals surface area contributed by atoms with Crippen LogP contribution in [0.1, 0.15) is 11.1 Å². The largest absolute Gasteiger partial charge is 0.489 e. The zero-order chi connectivity index (χ0) is 19.6. The summed E-state index contributed by atoms with van der Waals surface area (Å²) in [6.07, 6.45) is 0.964. The number of hydrogen-bond acceptors (Lipinski definition) is 3. The minimum absolute atomic E-state index is 0.555. The SMILES string of the molecule is Clc1ccc(-c2nn(-c3ccc(OCc4ccccc4)cc3)c3c2CCN3)cc1. The quantitative estimate of drug-likeness (QED) is 0.463. The van der Waals surface area contributed by atoms with Crippen LogP contribution < -0.4 is 10.1 Å². The van der Waals surface area contributed by atoms with E-state index in [0.29, 0.717) is 6.61 Å². The van der Waals surface area contributed by atoms with E-state index in [2.05, 4.69) is 17.4 Å². The molecule has 0 fully saturated rings. The third-order valence-corrected chi connectivity index (χ3v) is 5.35. The maximum absolute atomic E-state index is 6.05. The van der Waals surface area contributed by atoms with Gasteiger partial charge in [-0.2, -0.15) is 5.10 Å². The van der Waals surface area contributed by atoms with Gasteiger partial charge >= 0.3 is 0 Å². The molecule has 0 spiro atoms. The average molecular weight is 402 g/mol. The Hall–Kier alpha value is -3.24. The third kappa shape index (κ3) is 3.59. The van der Waals surface area contributed by atoms with Gasteiger partial charge in [-0.3, -0.25) is 0 Å². The highest BCUT2D eigenvalue weighted by molar-refractivity contribution is 6.30. The minimum atomic E-state index is 0.555. The fraction of sp³-hybridized carbons (Fsp3) is 0.125. The summed E-state index contributed by atoms with van der Waals surface area (Å²) in [6.45, 7) is 1.48. The molecule has 0 saturated heterocycles. The van der Waals surface area contributed by atoms with E-state index in [1.54, 1.807) is 0 Å². The molecule has 1 aliphatic rings. The van der Waals surface area contributed by atoms with Crippen molar-refractivity contribution in [3.05, 3.63) is 95.0 Å². The van der Waals surface area contributed by atoms with Crippen LogP contribution in [0.4, 0.5) is 5.82 Å². The number of hydrogen-bond donors (Lipinski definition) is 1. The normalized spacial score (nSPS) is 12.4. The van der Waals surface area contributed by atoms with Gasteiger partial charge in [0.05, 0.1) is 11.4 Å². The van der Waals surface area contributed by atoms with Crippen molar-refractivity contribution < 1.29 is 4.74 Å². The number of aromatic nitrogens is 2. The highest BCUT2D eigenvalue weighted by atomic mass is 35.5. The van der Waals surface area contributed by atoms with E-state index < -0.39 is 0 Å². The number of fused-ring (bicyclic) bond motifs is 1. The summed E-state index contributed by atoms with van der Waals surface area (Å²) < 4.78 is 7.88. The molecule has 2 heterocycles. The summed E-state index contributed by atoms with van der Waals surface area (Å²) in [5.41, 5.74) is 5.49. The van der Waals surface area contributed by atoms with Crippen LogP contribution in [0.25, 0.3) is 16.9 Å². The van der Waals surface area contributed by atoms with Gasteiger partial charge in [0.25, 0.3) is 0 Å². The van der Waals surface area contributed by atoms with Gasteiger partial charge in [0.1, 0.15) is 18.2 Å². The molecule has 5 rings (SSSR count). The van der Waals surface area contributed by atoms with Crippen molar-refractivity contribution in [1.29, 1.82) is 0 Å². The summed E-state index contributed by atoms with van der Waals surface area (Å²) in [5.74, 6) is 1.90.